The molecule has 3 N–H and O–H groups in total. The topological polar surface area (TPSA) is 44.3 Å². The van der Waals surface area contributed by atoms with Crippen LogP contribution in [-0.4, -0.2) is 24.2 Å². The van der Waals surface area contributed by atoms with Crippen molar-refractivity contribution in [1.82, 2.24) is 10.6 Å². The molecule has 1 fully saturated rings. The van der Waals surface area contributed by atoms with Crippen LogP contribution in [0.25, 0.3) is 0 Å². The van der Waals surface area contributed by atoms with Gasteiger partial charge in [-0.05, 0) is 19.0 Å². The normalized spacial score (nSPS) is 21.3. The molecule has 1 aliphatic rings. The summed E-state index contributed by atoms with van der Waals surface area (Å²) in [6, 6.07) is 8.02. The summed E-state index contributed by atoms with van der Waals surface area (Å²) in [5.41, 5.74) is 0.972. The van der Waals surface area contributed by atoms with Crippen molar-refractivity contribution >= 4 is 0 Å². The van der Waals surface area contributed by atoms with Gasteiger partial charge in [0.05, 0.1) is 0 Å². The predicted molar refractivity (Wildman–Crippen MR) is 56.2 cm³/mol. The van der Waals surface area contributed by atoms with Gasteiger partial charge in [0.2, 0.25) is 0 Å². The van der Waals surface area contributed by atoms with Gasteiger partial charge >= 0.3 is 0 Å². The highest BCUT2D eigenvalue weighted by molar-refractivity contribution is 5.31. The van der Waals surface area contributed by atoms with Crippen LogP contribution >= 0.6 is 0 Å². The molecule has 0 spiro atoms. The molecule has 1 unspecified atom stereocenters. The molecule has 3 nitrogen and oxygen atoms in total. The van der Waals surface area contributed by atoms with Gasteiger partial charge in [0.1, 0.15) is 5.75 Å². The van der Waals surface area contributed by atoms with Crippen LogP contribution in [0, 0.1) is 0 Å². The highest BCUT2D eigenvalue weighted by Crippen LogP contribution is 2.15. The second-order valence-corrected chi connectivity index (χ2v) is 3.70. The van der Waals surface area contributed by atoms with Gasteiger partial charge in [0.15, 0.2) is 0 Å². The van der Waals surface area contributed by atoms with E-state index in [-0.39, 0.29) is 0 Å². The van der Waals surface area contributed by atoms with Gasteiger partial charge in [-0.15, -0.1) is 0 Å². The summed E-state index contributed by atoms with van der Waals surface area (Å²) >= 11 is 0. The van der Waals surface area contributed by atoms with E-state index in [9.17, 15) is 5.11 Å². The zero-order chi connectivity index (χ0) is 9.80. The third-order valence-corrected chi connectivity index (χ3v) is 2.63. The van der Waals surface area contributed by atoms with Gasteiger partial charge in [0, 0.05) is 24.7 Å². The molecule has 14 heavy (non-hydrogen) atoms. The van der Waals surface area contributed by atoms with E-state index in [4.69, 9.17) is 0 Å². The summed E-state index contributed by atoms with van der Waals surface area (Å²) in [6.07, 6.45) is 1.17. The number of aromatic hydroxyl groups is 1. The summed E-state index contributed by atoms with van der Waals surface area (Å²) in [5, 5.41) is 16.2. The quantitative estimate of drug-likeness (QED) is 0.665. The Bertz CT molecular complexity index is 295. The van der Waals surface area contributed by atoms with Crippen molar-refractivity contribution in [3.05, 3.63) is 29.8 Å². The van der Waals surface area contributed by atoms with Crippen LogP contribution in [-0.2, 0) is 6.54 Å². The number of benzene rings is 1. The molecule has 1 aliphatic heterocycles. The van der Waals surface area contributed by atoms with Crippen molar-refractivity contribution in [3.8, 4) is 5.75 Å². The van der Waals surface area contributed by atoms with Gasteiger partial charge in [-0.1, -0.05) is 18.2 Å². The second-order valence-electron chi connectivity index (χ2n) is 3.70. The van der Waals surface area contributed by atoms with Crippen LogP contribution < -0.4 is 10.6 Å². The maximum Gasteiger partial charge on any atom is 0.120 e. The molecule has 1 aromatic carbocycles. The van der Waals surface area contributed by atoms with Crippen molar-refractivity contribution < 1.29 is 5.11 Å². The van der Waals surface area contributed by atoms with E-state index in [1.807, 2.05) is 18.2 Å². The van der Waals surface area contributed by atoms with Gasteiger partial charge < -0.3 is 15.7 Å². The molecule has 0 saturated carbocycles. The summed E-state index contributed by atoms with van der Waals surface area (Å²) in [6.45, 7) is 2.88. The number of nitrogens with one attached hydrogen (secondary N) is 2. The molecule has 1 heterocycles. The lowest BCUT2D eigenvalue weighted by Gasteiger charge is -2.11. The van der Waals surface area contributed by atoms with E-state index >= 15 is 0 Å². The van der Waals surface area contributed by atoms with Crippen molar-refractivity contribution in [2.24, 2.45) is 0 Å². The van der Waals surface area contributed by atoms with E-state index in [1.54, 1.807) is 6.07 Å². The Hall–Kier alpha value is -1.06. The summed E-state index contributed by atoms with van der Waals surface area (Å²) in [7, 11) is 0. The first-order valence-electron chi connectivity index (χ1n) is 5.07. The van der Waals surface area contributed by atoms with Crippen molar-refractivity contribution in [1.29, 1.82) is 0 Å². The predicted octanol–water partition coefficient (Wildman–Crippen LogP) is 0.844. The number of para-hydroxylation sites is 1. The number of phenolic OH excluding ortho intramolecular Hbond substituents is 1. The fraction of sp³-hybridized carbons (Fsp3) is 0.455. The fourth-order valence-electron chi connectivity index (χ4n) is 1.74. The third-order valence-electron chi connectivity index (χ3n) is 2.63. The van der Waals surface area contributed by atoms with E-state index in [1.165, 1.54) is 6.42 Å². The molecule has 2 rings (SSSR count). The summed E-state index contributed by atoms with van der Waals surface area (Å²) in [5.74, 6) is 0.381. The first kappa shape index (κ1) is 9.49. The van der Waals surface area contributed by atoms with Crippen LogP contribution in [0.4, 0.5) is 0 Å². The number of hydrogen-bond acceptors (Lipinski definition) is 3. The average molecular weight is 192 g/mol. The Balaban J connectivity index is 1.88. The van der Waals surface area contributed by atoms with Crippen molar-refractivity contribution in [2.75, 3.05) is 13.1 Å². The molecular formula is C11H16N2O. The zero-order valence-corrected chi connectivity index (χ0v) is 8.16. The largest absolute Gasteiger partial charge is 0.508 e. The Labute approximate surface area is 84.1 Å². The lowest BCUT2D eigenvalue weighted by molar-refractivity contribution is 0.458. The molecule has 0 amide bonds. The van der Waals surface area contributed by atoms with Crippen molar-refractivity contribution in [2.45, 2.75) is 19.0 Å². The molecule has 1 atom stereocenters. The minimum absolute atomic E-state index is 0.381. The molecule has 76 valence electrons. The third kappa shape index (κ3) is 2.25. The Kier molecular flexibility index (Phi) is 3.01. The molecule has 0 radical (unpaired) electrons. The van der Waals surface area contributed by atoms with Crippen LogP contribution in [0.2, 0.25) is 0 Å². The van der Waals surface area contributed by atoms with E-state index in [0.717, 1.165) is 25.2 Å². The van der Waals surface area contributed by atoms with E-state index in [2.05, 4.69) is 10.6 Å². The highest BCUT2D eigenvalue weighted by atomic mass is 16.3. The summed E-state index contributed by atoms with van der Waals surface area (Å²) in [4.78, 5) is 0. The first-order chi connectivity index (χ1) is 6.86. The molecule has 0 aliphatic carbocycles. The van der Waals surface area contributed by atoms with Crippen molar-refractivity contribution in [3.63, 3.8) is 0 Å². The fourth-order valence-corrected chi connectivity index (χ4v) is 1.74. The minimum Gasteiger partial charge on any atom is -0.508 e. The number of rotatable bonds is 3. The van der Waals surface area contributed by atoms with Gasteiger partial charge in [-0.3, -0.25) is 0 Å². The molecule has 1 saturated heterocycles. The lowest BCUT2D eigenvalue weighted by atomic mass is 10.2. The number of phenols is 1. The van der Waals surface area contributed by atoms with Gasteiger partial charge in [0.25, 0.3) is 0 Å². The van der Waals surface area contributed by atoms with Gasteiger partial charge in [-0.25, -0.2) is 0 Å². The van der Waals surface area contributed by atoms with Crippen LogP contribution in [0.3, 0.4) is 0 Å². The summed E-state index contributed by atoms with van der Waals surface area (Å²) < 4.78 is 0. The van der Waals surface area contributed by atoms with E-state index in [0.29, 0.717) is 11.8 Å². The molecular weight excluding hydrogens is 176 g/mol. The minimum atomic E-state index is 0.381. The standard InChI is InChI=1S/C11H16N2O/c14-11-4-2-1-3-9(11)7-13-10-5-6-12-8-10/h1-4,10,12-14H,5-8H2. The first-order valence-corrected chi connectivity index (χ1v) is 5.07. The Morgan fingerprint density at radius 1 is 1.43 bits per heavy atom. The van der Waals surface area contributed by atoms with Crippen LogP contribution in [0.1, 0.15) is 12.0 Å². The molecule has 1 aromatic rings. The SMILES string of the molecule is Oc1ccccc1CNC1CCNC1. The molecule has 0 aromatic heterocycles. The Morgan fingerprint density at radius 2 is 2.29 bits per heavy atom. The molecule has 3 heteroatoms. The van der Waals surface area contributed by atoms with Crippen LogP contribution in [0.5, 0.6) is 5.75 Å². The maximum absolute atomic E-state index is 9.53. The average Bonchev–Trinajstić information content (AvgIpc) is 2.69. The van der Waals surface area contributed by atoms with Crippen LogP contribution in [0.15, 0.2) is 24.3 Å². The lowest BCUT2D eigenvalue weighted by Crippen LogP contribution is -2.30. The molecule has 0 bridgehead atoms. The highest BCUT2D eigenvalue weighted by Gasteiger charge is 2.13. The Morgan fingerprint density at radius 3 is 3.00 bits per heavy atom. The second kappa shape index (κ2) is 4.44. The van der Waals surface area contributed by atoms with E-state index < -0.39 is 0 Å². The monoisotopic (exact) mass is 192 g/mol. The number of hydrogen-bond donors (Lipinski definition) is 3. The smallest absolute Gasteiger partial charge is 0.120 e. The zero-order valence-electron chi connectivity index (χ0n) is 8.16. The maximum atomic E-state index is 9.53. The van der Waals surface area contributed by atoms with Gasteiger partial charge in [-0.2, -0.15) is 0 Å².